The monoisotopic (exact) mass is 1360 g/mol. The minimum atomic E-state index is -8.69. The SMILES string of the molecule is C[N+](C)(CCCCCCCCCCCCCCCCCCCCCCCCCC(=O)NCCC(F)(F)C(F)(F)C(F)(F)C(F)(F)C(F)(F)C(F)(F)F)CCNC(=O)NCSCCC(F)(F)C(F)(F)C(F)(F)C(F)(F)C(F)(F)C(F)(F)C(F)(F)C(F)(F)F. The van der Waals surface area contributed by atoms with E-state index in [1.165, 1.54) is 0 Å². The van der Waals surface area contributed by atoms with E-state index < -0.39 is 126 Å². The first kappa shape index (κ1) is 84.0. The average molecular weight is 1360 g/mol. The summed E-state index contributed by atoms with van der Waals surface area (Å²) in [5.74, 6) is -97.1. The third kappa shape index (κ3) is 22.1. The van der Waals surface area contributed by atoms with Gasteiger partial charge in [-0.25, -0.2) is 4.79 Å². The number of carbonyl (C=O) groups excluding carboxylic acids is 2. The number of halogens is 30. The highest BCUT2D eigenvalue weighted by atomic mass is 32.2. The van der Waals surface area contributed by atoms with Gasteiger partial charge in [0.05, 0.1) is 39.6 Å². The molecule has 0 aliphatic heterocycles. The van der Waals surface area contributed by atoms with Crippen molar-refractivity contribution in [1.29, 1.82) is 0 Å². The maximum absolute atomic E-state index is 14.1. The molecule has 0 aliphatic rings. The van der Waals surface area contributed by atoms with Crippen LogP contribution in [0.5, 0.6) is 0 Å². The number of quaternary nitrogens is 1. The summed E-state index contributed by atoms with van der Waals surface area (Å²) in [7, 11) is 3.72. The molecule has 3 N–H and O–H groups in total. The lowest BCUT2D eigenvalue weighted by Gasteiger charge is -2.42. The predicted octanol–water partition coefficient (Wildman–Crippen LogP) is 19.1. The smallest absolute Gasteiger partial charge is 0.356 e. The summed E-state index contributed by atoms with van der Waals surface area (Å²) in [6.07, 6.45) is 1.44. The van der Waals surface area contributed by atoms with E-state index in [4.69, 9.17) is 0 Å². The minimum absolute atomic E-state index is 0.0513. The molecule has 0 saturated heterocycles. The molecule has 0 unspecified atom stereocenters. The molecule has 0 aromatic rings. The number of amides is 3. The fraction of sp³-hybridized carbons (Fsp3) is 0.960. The summed E-state index contributed by atoms with van der Waals surface area (Å²) in [5, 5.41) is 6.10. The lowest BCUT2D eigenvalue weighted by molar-refractivity contribution is -0.889. The number of alkyl halides is 30. The van der Waals surface area contributed by atoms with Gasteiger partial charge in [-0.1, -0.05) is 128 Å². The number of likely N-dealkylation sites (N-methyl/N-ethyl adjacent to an activating group) is 1. The van der Waals surface area contributed by atoms with Gasteiger partial charge in [-0.3, -0.25) is 4.79 Å². The van der Waals surface area contributed by atoms with Crippen molar-refractivity contribution in [2.75, 3.05) is 51.9 Å². The van der Waals surface area contributed by atoms with Crippen LogP contribution in [0.3, 0.4) is 0 Å². The second-order valence-electron chi connectivity index (χ2n) is 21.7. The lowest BCUT2D eigenvalue weighted by atomic mass is 9.88. The zero-order valence-corrected chi connectivity index (χ0v) is 48.0. The number of thioether (sulfide) groups is 1. The highest BCUT2D eigenvalue weighted by molar-refractivity contribution is 7.99. The number of rotatable bonds is 47. The van der Waals surface area contributed by atoms with E-state index in [0.717, 1.165) is 128 Å². The zero-order chi connectivity index (χ0) is 68.1. The van der Waals surface area contributed by atoms with Crippen LogP contribution in [0.1, 0.15) is 167 Å². The van der Waals surface area contributed by atoms with Gasteiger partial charge >= 0.3 is 89.5 Å². The third-order valence-corrected chi connectivity index (χ3v) is 15.0. The first-order valence-corrected chi connectivity index (χ1v) is 28.7. The van der Waals surface area contributed by atoms with Gasteiger partial charge < -0.3 is 20.4 Å². The summed E-state index contributed by atoms with van der Waals surface area (Å²) < 4.78 is 401. The second-order valence-corrected chi connectivity index (χ2v) is 22.9. The number of nitrogens with one attached hydrogen (secondary N) is 3. The van der Waals surface area contributed by atoms with Crippen molar-refractivity contribution in [3.8, 4) is 0 Å². The Morgan fingerprint density at radius 1 is 0.310 bits per heavy atom. The molecular weight excluding hydrogens is 1290 g/mol. The molecule has 3 amide bonds. The van der Waals surface area contributed by atoms with E-state index in [2.05, 4.69) is 5.32 Å². The zero-order valence-electron chi connectivity index (χ0n) is 47.1. The molecular formula is C50H73F30N4O2S+. The maximum atomic E-state index is 14.1. The summed E-state index contributed by atoms with van der Waals surface area (Å²) in [6, 6.07) is -0.944. The Morgan fingerprint density at radius 2 is 0.586 bits per heavy atom. The van der Waals surface area contributed by atoms with Crippen LogP contribution in [-0.2, 0) is 4.79 Å². The minimum Gasteiger partial charge on any atom is -0.356 e. The van der Waals surface area contributed by atoms with Gasteiger partial charge in [-0.2, -0.15) is 132 Å². The molecule has 0 saturated carbocycles. The van der Waals surface area contributed by atoms with Crippen molar-refractivity contribution in [3.05, 3.63) is 0 Å². The van der Waals surface area contributed by atoms with E-state index >= 15 is 0 Å². The fourth-order valence-electron chi connectivity index (χ4n) is 8.33. The van der Waals surface area contributed by atoms with Crippen LogP contribution >= 0.6 is 11.8 Å². The standard InChI is InChI=1S/C50H72F30N4O2S/c1-84(2,32-30-82-36(86)83-34-87-33-28-38(53,54)40(57,58)41(59,60)43(63,64)44(65,66)46(69,70)48(73,74)50(78,79)80)31-25-23-21-19-17-15-13-11-9-7-5-3-4-6-8-10-12-14-16-18-20-22-24-26-35(85)81-29-27-37(51,52)39(55,56)42(61,62)45(67,68)47(71,72)49(75,76)77/h3-34H2,1-2H3,(H2-,81,82,83,85,86)/p+1. The molecule has 6 nitrogen and oxygen atoms in total. The molecule has 0 spiro atoms. The number of hydrogen-bond acceptors (Lipinski definition) is 3. The molecule has 0 fully saturated rings. The molecule has 0 aromatic heterocycles. The Balaban J connectivity index is 4.07. The molecule has 0 aromatic carbocycles. The molecule has 0 aliphatic carbocycles. The van der Waals surface area contributed by atoms with Crippen molar-refractivity contribution < 1.29 is 146 Å². The largest absolute Gasteiger partial charge is 0.460 e. The van der Waals surface area contributed by atoms with Gasteiger partial charge in [0.15, 0.2) is 0 Å². The molecule has 0 heterocycles. The van der Waals surface area contributed by atoms with Crippen LogP contribution in [0.25, 0.3) is 0 Å². The van der Waals surface area contributed by atoms with Crippen molar-refractivity contribution in [2.45, 2.75) is 250 Å². The quantitative estimate of drug-likeness (QED) is 0.0246. The number of urea groups is 1. The number of carbonyl (C=O) groups is 2. The van der Waals surface area contributed by atoms with Gasteiger partial charge in [0.1, 0.15) is 0 Å². The molecule has 0 rings (SSSR count). The van der Waals surface area contributed by atoms with Crippen LogP contribution in [0, 0.1) is 0 Å². The normalized spacial score (nSPS) is 14.7. The molecule has 87 heavy (non-hydrogen) atoms. The molecule has 0 atom stereocenters. The fourth-order valence-corrected chi connectivity index (χ4v) is 9.11. The highest BCUT2D eigenvalue weighted by Crippen LogP contribution is 2.65. The van der Waals surface area contributed by atoms with Gasteiger partial charge in [-0.05, 0) is 19.3 Å². The Hall–Kier alpha value is -3.05. The van der Waals surface area contributed by atoms with E-state index in [-0.39, 0.29) is 31.1 Å². The Labute approximate surface area is 487 Å². The first-order valence-electron chi connectivity index (χ1n) is 27.6. The summed E-state index contributed by atoms with van der Waals surface area (Å²) in [6.45, 7) is -0.363. The summed E-state index contributed by atoms with van der Waals surface area (Å²) in [5.41, 5.74) is 0. The van der Waals surface area contributed by atoms with Crippen LogP contribution in [0.4, 0.5) is 137 Å². The van der Waals surface area contributed by atoms with Gasteiger partial charge in [0.25, 0.3) is 0 Å². The van der Waals surface area contributed by atoms with E-state index in [1.54, 1.807) is 5.32 Å². The number of unbranched alkanes of at least 4 members (excludes halogenated alkanes) is 22. The van der Waals surface area contributed by atoms with Crippen molar-refractivity contribution in [3.63, 3.8) is 0 Å². The van der Waals surface area contributed by atoms with Crippen LogP contribution in [-0.4, -0.2) is 152 Å². The topological polar surface area (TPSA) is 70.2 Å². The van der Waals surface area contributed by atoms with Crippen LogP contribution in [0.2, 0.25) is 0 Å². The molecule has 520 valence electrons. The second kappa shape index (κ2) is 33.5. The Morgan fingerprint density at radius 3 is 0.908 bits per heavy atom. The summed E-state index contributed by atoms with van der Waals surface area (Å²) >= 11 is 0.0666. The van der Waals surface area contributed by atoms with Crippen molar-refractivity contribution >= 4 is 23.7 Å². The highest BCUT2D eigenvalue weighted by Gasteiger charge is 2.95. The van der Waals surface area contributed by atoms with E-state index in [9.17, 15) is 141 Å². The van der Waals surface area contributed by atoms with Gasteiger partial charge in [0.2, 0.25) is 5.91 Å². The molecule has 0 bridgehead atoms. The van der Waals surface area contributed by atoms with E-state index in [0.29, 0.717) is 30.4 Å². The first-order chi connectivity index (χ1) is 39.2. The number of nitrogens with zero attached hydrogens (tertiary/aromatic N) is 1. The number of hydrogen-bond donors (Lipinski definition) is 3. The van der Waals surface area contributed by atoms with E-state index in [1.807, 2.05) is 19.4 Å². The van der Waals surface area contributed by atoms with Crippen molar-refractivity contribution in [1.82, 2.24) is 16.0 Å². The molecule has 37 heteroatoms. The van der Waals surface area contributed by atoms with Crippen LogP contribution in [0.15, 0.2) is 0 Å². The van der Waals surface area contributed by atoms with Crippen molar-refractivity contribution in [2.24, 2.45) is 0 Å². The third-order valence-electron chi connectivity index (χ3n) is 14.1. The van der Waals surface area contributed by atoms with Gasteiger partial charge in [0, 0.05) is 31.6 Å². The average Bonchev–Trinajstić information content (AvgIpc) is 0.716. The lowest BCUT2D eigenvalue weighted by Crippen LogP contribution is -2.74. The Kier molecular flexibility index (Phi) is 32.3. The van der Waals surface area contributed by atoms with Gasteiger partial charge in [-0.15, -0.1) is 11.8 Å². The van der Waals surface area contributed by atoms with Crippen LogP contribution < -0.4 is 16.0 Å². The Bertz CT molecular complexity index is 2000. The summed E-state index contributed by atoms with van der Waals surface area (Å²) in [4.78, 5) is 23.9. The maximum Gasteiger partial charge on any atom is 0.460 e. The predicted molar refractivity (Wildman–Crippen MR) is 260 cm³/mol. The molecule has 0 radical (unpaired) electrons.